The predicted molar refractivity (Wildman–Crippen MR) is 86.2 cm³/mol. The van der Waals surface area contributed by atoms with Gasteiger partial charge in [-0.1, -0.05) is 0 Å². The van der Waals surface area contributed by atoms with Crippen molar-refractivity contribution in [3.63, 3.8) is 0 Å². The molecule has 0 N–H and O–H groups in total. The minimum atomic E-state index is -6.97. The normalized spacial score (nSPS) is 17.1. The molecule has 0 spiro atoms. The molecule has 0 rings (SSSR count). The Kier molecular flexibility index (Phi) is 11.6. The van der Waals surface area contributed by atoms with Crippen molar-refractivity contribution < 1.29 is 70.4 Å². The van der Waals surface area contributed by atoms with Gasteiger partial charge in [-0.05, 0) is 32.1 Å². The summed E-state index contributed by atoms with van der Waals surface area (Å²) in [6.45, 7) is 4.01. The Morgan fingerprint density at radius 2 is 1.16 bits per heavy atom. The molecule has 0 aromatic heterocycles. The third-order valence-corrected chi connectivity index (χ3v) is 11.0. The summed E-state index contributed by atoms with van der Waals surface area (Å²) in [4.78, 5) is 0. The Hall–Kier alpha value is -0.596. The third kappa shape index (κ3) is 7.74. The van der Waals surface area contributed by atoms with E-state index in [1.165, 1.54) is 20.2 Å². The first-order valence-corrected chi connectivity index (χ1v) is 13.4. The molecule has 0 saturated heterocycles. The molecular weight excluding hydrogens is 507 g/mol. The van der Waals surface area contributed by atoms with Gasteiger partial charge in [0, 0.05) is 23.4 Å². The van der Waals surface area contributed by atoms with E-state index in [-0.39, 0.29) is 0 Å². The van der Waals surface area contributed by atoms with Crippen molar-refractivity contribution in [1.29, 1.82) is 0 Å². The number of halogens is 13. The summed E-state index contributed by atoms with van der Waals surface area (Å²) in [5, 5.41) is 0. The lowest BCUT2D eigenvalue weighted by Gasteiger charge is -2.39. The fraction of sp³-hybridized carbons (Fsp3) is 1.00. The Balaban J connectivity index is 0. The van der Waals surface area contributed by atoms with Crippen LogP contribution in [0.3, 0.4) is 0 Å². The summed E-state index contributed by atoms with van der Waals surface area (Å²) < 4.78 is 176. The molecule has 0 aliphatic rings. The molecule has 3 nitrogen and oxygen atoms in total. The smallest absolute Gasteiger partial charge is 0.397 e. The van der Waals surface area contributed by atoms with Crippen molar-refractivity contribution in [1.82, 2.24) is 0 Å². The Morgan fingerprint density at radius 3 is 1.45 bits per heavy atom. The van der Waals surface area contributed by atoms with Gasteiger partial charge in [0.15, 0.2) is 0 Å². The second kappa shape index (κ2) is 11.0. The van der Waals surface area contributed by atoms with Crippen LogP contribution in [0.1, 0.15) is 6.42 Å². The van der Waals surface area contributed by atoms with Crippen LogP contribution in [0.2, 0.25) is 25.7 Å². The average Bonchev–Trinajstić information content (AvgIpc) is 2.61. The quantitative estimate of drug-likeness (QED) is 0.222. The number of hydrogen-bond donors (Lipinski definition) is 0. The van der Waals surface area contributed by atoms with Gasteiger partial charge in [0.2, 0.25) is 0 Å². The minimum absolute atomic E-state index is 0.973. The van der Waals surface area contributed by atoms with Gasteiger partial charge >= 0.3 is 47.5 Å². The molecule has 31 heavy (non-hydrogen) atoms. The van der Waals surface area contributed by atoms with Crippen molar-refractivity contribution in [2.45, 2.75) is 62.5 Å². The van der Waals surface area contributed by atoms with Gasteiger partial charge in [0.25, 0.3) is 0 Å². The average molecular weight is 528 g/mol. The van der Waals surface area contributed by atoms with E-state index in [0.29, 0.717) is 0 Å². The first-order valence-electron chi connectivity index (χ1n) is 8.04. The highest BCUT2D eigenvalue weighted by molar-refractivity contribution is 6.79. The van der Waals surface area contributed by atoms with Gasteiger partial charge in [-0.15, -0.1) is 0 Å². The second-order valence-electron chi connectivity index (χ2n) is 6.80. The van der Waals surface area contributed by atoms with Crippen LogP contribution in [0.15, 0.2) is 0 Å². The largest absolute Gasteiger partial charge is 0.415 e. The molecule has 2 atom stereocenters. The molecule has 190 valence electrons. The van der Waals surface area contributed by atoms with E-state index in [1.807, 2.05) is 0 Å². The maximum absolute atomic E-state index is 13.9. The lowest BCUT2D eigenvalue weighted by molar-refractivity contribution is -0.374. The van der Waals surface area contributed by atoms with Crippen molar-refractivity contribution in [3.8, 4) is 0 Å². The molecular formula is C13H21F13O3Si2. The van der Waals surface area contributed by atoms with E-state index < -0.39 is 65.9 Å². The summed E-state index contributed by atoms with van der Waals surface area (Å²) in [6.07, 6.45) is -13.2. The van der Waals surface area contributed by atoms with Gasteiger partial charge in [0.05, 0.1) is 0 Å². The molecule has 0 bridgehead atoms. The standard InChI is InChI=1S/C13H21F11O3Si2.F2/c1-25-28(3,4)27-29(5,26-2)7-6-8(12(20,21)22)10(16,17)13(23,24)11(18,19)9(14)15;1-2/h8-9H,6-7H2,1-5H3;. The fourth-order valence-electron chi connectivity index (χ4n) is 2.29. The predicted octanol–water partition coefficient (Wildman–Crippen LogP) is 6.65. The molecule has 2 unspecified atom stereocenters. The third-order valence-electron chi connectivity index (χ3n) is 4.22. The number of alkyl halides is 11. The van der Waals surface area contributed by atoms with Crippen LogP contribution in [-0.4, -0.2) is 61.7 Å². The maximum atomic E-state index is 13.9. The molecule has 0 aromatic rings. The molecule has 0 saturated carbocycles. The monoisotopic (exact) mass is 528 g/mol. The van der Waals surface area contributed by atoms with Gasteiger partial charge in [-0.25, -0.2) is 8.78 Å². The molecule has 0 amide bonds. The zero-order valence-electron chi connectivity index (χ0n) is 16.7. The Bertz CT molecular complexity index is 545. The van der Waals surface area contributed by atoms with Crippen LogP contribution in [0.5, 0.6) is 0 Å². The van der Waals surface area contributed by atoms with Crippen LogP contribution in [-0.2, 0) is 13.0 Å². The van der Waals surface area contributed by atoms with E-state index >= 15 is 0 Å². The SMILES string of the molecule is CO[Si](C)(C)O[Si](C)(CCC(C(F)(F)F)C(F)(F)C(F)(F)C(F)(F)C(F)F)OC.FF. The first-order chi connectivity index (χ1) is 13.6. The van der Waals surface area contributed by atoms with E-state index in [2.05, 4.69) is 0 Å². The van der Waals surface area contributed by atoms with Crippen LogP contribution in [0.4, 0.5) is 57.4 Å². The number of rotatable bonds is 11. The Morgan fingerprint density at radius 1 is 0.742 bits per heavy atom. The van der Waals surface area contributed by atoms with Crippen molar-refractivity contribution in [2.24, 2.45) is 5.92 Å². The molecule has 18 heteroatoms. The van der Waals surface area contributed by atoms with Crippen LogP contribution in [0.25, 0.3) is 0 Å². The summed E-state index contributed by atoms with van der Waals surface area (Å²) in [5.41, 5.74) is 0. The van der Waals surface area contributed by atoms with E-state index in [0.717, 1.165) is 13.7 Å². The molecule has 0 aliphatic carbocycles. The minimum Gasteiger partial charge on any atom is -0.415 e. The molecule has 0 radical (unpaired) electrons. The fourth-order valence-corrected chi connectivity index (χ4v) is 8.54. The van der Waals surface area contributed by atoms with Gasteiger partial charge in [-0.3, -0.25) is 0 Å². The Labute approximate surface area is 171 Å². The zero-order valence-corrected chi connectivity index (χ0v) is 18.7. The van der Waals surface area contributed by atoms with Crippen LogP contribution < -0.4 is 0 Å². The lowest BCUT2D eigenvalue weighted by Crippen LogP contribution is -2.62. The van der Waals surface area contributed by atoms with E-state index in [1.54, 1.807) is 0 Å². The van der Waals surface area contributed by atoms with Crippen molar-refractivity contribution in [3.05, 3.63) is 0 Å². The highest BCUT2D eigenvalue weighted by Gasteiger charge is 2.80. The van der Waals surface area contributed by atoms with Gasteiger partial charge < -0.3 is 13.0 Å². The topological polar surface area (TPSA) is 27.7 Å². The molecule has 0 aromatic carbocycles. The second-order valence-corrected chi connectivity index (χ2v) is 14.0. The molecule has 0 heterocycles. The van der Waals surface area contributed by atoms with Crippen molar-refractivity contribution in [2.75, 3.05) is 14.2 Å². The first kappa shape index (κ1) is 32.6. The molecule has 0 fully saturated rings. The summed E-state index contributed by atoms with van der Waals surface area (Å²) in [6, 6.07) is -0.973. The zero-order chi connectivity index (χ0) is 25.7. The summed E-state index contributed by atoms with van der Waals surface area (Å²) in [7, 11) is -4.50. The summed E-state index contributed by atoms with van der Waals surface area (Å²) in [5.74, 6) is -24.6. The summed E-state index contributed by atoms with van der Waals surface area (Å²) >= 11 is 0. The van der Waals surface area contributed by atoms with Crippen LogP contribution in [0, 0.1) is 5.92 Å². The van der Waals surface area contributed by atoms with E-state index in [4.69, 9.17) is 22.1 Å². The lowest BCUT2D eigenvalue weighted by atomic mass is 9.89. The highest BCUT2D eigenvalue weighted by Crippen LogP contribution is 2.56. The van der Waals surface area contributed by atoms with Gasteiger partial charge in [-0.2, -0.15) is 39.5 Å². The van der Waals surface area contributed by atoms with Gasteiger partial charge in [0.1, 0.15) is 5.92 Å². The maximum Gasteiger partial charge on any atom is 0.397 e. The van der Waals surface area contributed by atoms with E-state index in [9.17, 15) is 48.3 Å². The highest BCUT2D eigenvalue weighted by atomic mass is 28.5. The molecule has 0 aliphatic heterocycles. The number of hydrogen-bond acceptors (Lipinski definition) is 3. The van der Waals surface area contributed by atoms with Crippen molar-refractivity contribution >= 4 is 17.1 Å². The van der Waals surface area contributed by atoms with Crippen LogP contribution >= 0.6 is 0 Å².